The van der Waals surface area contributed by atoms with Gasteiger partial charge in [0.2, 0.25) is 0 Å². The first kappa shape index (κ1) is 23.6. The van der Waals surface area contributed by atoms with E-state index in [1.165, 1.54) is 5.69 Å². The van der Waals surface area contributed by atoms with Gasteiger partial charge >= 0.3 is 5.97 Å². The van der Waals surface area contributed by atoms with Gasteiger partial charge in [-0.2, -0.15) is 0 Å². The molecule has 0 saturated carbocycles. The molecule has 2 atom stereocenters. The van der Waals surface area contributed by atoms with Gasteiger partial charge in [0.1, 0.15) is 11.8 Å². The standard InChI is InChI=1S/C30H32N4O3/c1-37-27-12-11-20(17-21(27)19-33-13-15-34(16-14-33)22-7-3-2-4-8-22)28-29-24(18-26(32-28)30(35)36)23-9-5-6-10-25(23)31-29/h2-12,17,26,28,31-32H,13-16,18-19H2,1H3,(H,35,36)/t26-,28+/m1/s1. The molecule has 2 aliphatic heterocycles. The highest BCUT2D eigenvalue weighted by Gasteiger charge is 2.34. The van der Waals surface area contributed by atoms with Gasteiger partial charge < -0.3 is 19.7 Å². The van der Waals surface area contributed by atoms with Crippen LogP contribution >= 0.6 is 0 Å². The average Bonchev–Trinajstić information content (AvgIpc) is 3.32. The van der Waals surface area contributed by atoms with Crippen LogP contribution < -0.4 is 15.0 Å². The lowest BCUT2D eigenvalue weighted by molar-refractivity contribution is -0.139. The van der Waals surface area contributed by atoms with Gasteiger partial charge in [0.25, 0.3) is 0 Å². The monoisotopic (exact) mass is 496 g/mol. The molecule has 3 aromatic carbocycles. The summed E-state index contributed by atoms with van der Waals surface area (Å²) < 4.78 is 5.74. The Labute approximate surface area is 216 Å². The summed E-state index contributed by atoms with van der Waals surface area (Å²) in [4.78, 5) is 20.5. The van der Waals surface area contributed by atoms with Gasteiger partial charge in [-0.05, 0) is 41.5 Å². The molecule has 7 nitrogen and oxygen atoms in total. The molecule has 0 amide bonds. The van der Waals surface area contributed by atoms with E-state index in [9.17, 15) is 9.90 Å². The fraction of sp³-hybridized carbons (Fsp3) is 0.300. The van der Waals surface area contributed by atoms with Crippen LogP contribution in [0.2, 0.25) is 0 Å². The smallest absolute Gasteiger partial charge is 0.321 e. The largest absolute Gasteiger partial charge is 0.496 e. The highest BCUT2D eigenvalue weighted by Crippen LogP contribution is 2.37. The Kier molecular flexibility index (Phi) is 6.32. The van der Waals surface area contributed by atoms with Crippen LogP contribution in [-0.4, -0.2) is 60.3 Å². The fourth-order valence-corrected chi connectivity index (χ4v) is 5.80. The maximum atomic E-state index is 12.1. The zero-order chi connectivity index (χ0) is 25.4. The molecule has 1 fully saturated rings. The second-order valence-electron chi connectivity index (χ2n) is 9.93. The molecule has 0 unspecified atom stereocenters. The highest BCUT2D eigenvalue weighted by molar-refractivity contribution is 5.87. The van der Waals surface area contributed by atoms with E-state index in [4.69, 9.17) is 4.74 Å². The van der Waals surface area contributed by atoms with Gasteiger partial charge in [-0.25, -0.2) is 0 Å². The van der Waals surface area contributed by atoms with Gasteiger partial charge in [-0.15, -0.1) is 0 Å². The Morgan fingerprint density at radius 1 is 1.00 bits per heavy atom. The van der Waals surface area contributed by atoms with E-state index in [1.807, 2.05) is 24.3 Å². The van der Waals surface area contributed by atoms with Crippen LogP contribution in [0.25, 0.3) is 10.9 Å². The molecule has 1 saturated heterocycles. The summed E-state index contributed by atoms with van der Waals surface area (Å²) in [6, 6.07) is 24.1. The Morgan fingerprint density at radius 2 is 1.76 bits per heavy atom. The van der Waals surface area contributed by atoms with Crippen LogP contribution in [0.4, 0.5) is 5.69 Å². The van der Waals surface area contributed by atoms with Crippen molar-refractivity contribution in [3.63, 3.8) is 0 Å². The number of aromatic amines is 1. The first-order valence-corrected chi connectivity index (χ1v) is 12.9. The van der Waals surface area contributed by atoms with E-state index in [2.05, 4.69) is 68.6 Å². The zero-order valence-corrected chi connectivity index (χ0v) is 21.0. The maximum absolute atomic E-state index is 12.1. The van der Waals surface area contributed by atoms with Crippen molar-refractivity contribution in [2.24, 2.45) is 0 Å². The quantitative estimate of drug-likeness (QED) is 0.372. The molecular weight excluding hydrogens is 464 g/mol. The predicted molar refractivity (Wildman–Crippen MR) is 145 cm³/mol. The normalized spacial score (nSPS) is 20.1. The second kappa shape index (κ2) is 9.92. The fourth-order valence-electron chi connectivity index (χ4n) is 5.80. The first-order chi connectivity index (χ1) is 18.1. The maximum Gasteiger partial charge on any atom is 0.321 e. The van der Waals surface area contributed by atoms with E-state index in [-0.39, 0.29) is 6.04 Å². The molecule has 4 aromatic rings. The summed E-state index contributed by atoms with van der Waals surface area (Å²) in [7, 11) is 1.71. The van der Waals surface area contributed by atoms with Crippen molar-refractivity contribution in [1.29, 1.82) is 0 Å². The van der Waals surface area contributed by atoms with Gasteiger partial charge in [0, 0.05) is 67.0 Å². The number of carbonyl (C=O) groups is 1. The minimum absolute atomic E-state index is 0.239. The summed E-state index contributed by atoms with van der Waals surface area (Å²) in [5, 5.41) is 14.4. The van der Waals surface area contributed by atoms with E-state index < -0.39 is 12.0 Å². The average molecular weight is 497 g/mol. The molecule has 2 aliphatic rings. The Morgan fingerprint density at radius 3 is 2.51 bits per heavy atom. The molecule has 7 heteroatoms. The highest BCUT2D eigenvalue weighted by atomic mass is 16.5. The van der Waals surface area contributed by atoms with Crippen molar-refractivity contribution in [2.45, 2.75) is 25.0 Å². The number of carboxylic acids is 1. The lowest BCUT2D eigenvalue weighted by Gasteiger charge is -2.36. The van der Waals surface area contributed by atoms with E-state index in [0.29, 0.717) is 6.42 Å². The molecule has 190 valence electrons. The number of ether oxygens (including phenoxy) is 1. The minimum atomic E-state index is -0.828. The molecule has 3 N–H and O–H groups in total. The third kappa shape index (κ3) is 4.56. The molecular formula is C30H32N4O3. The van der Waals surface area contributed by atoms with Crippen molar-refractivity contribution in [1.82, 2.24) is 15.2 Å². The van der Waals surface area contributed by atoms with Gasteiger partial charge in [-0.1, -0.05) is 42.5 Å². The summed E-state index contributed by atoms with van der Waals surface area (Å²) in [6.07, 6.45) is 0.458. The lowest BCUT2D eigenvalue weighted by Crippen LogP contribution is -2.46. The number of aliphatic carboxylic acids is 1. The number of rotatable bonds is 6. The number of hydrogen-bond acceptors (Lipinski definition) is 5. The lowest BCUT2D eigenvalue weighted by atomic mass is 9.89. The number of aromatic nitrogens is 1. The second-order valence-corrected chi connectivity index (χ2v) is 9.93. The van der Waals surface area contributed by atoms with Crippen molar-refractivity contribution < 1.29 is 14.6 Å². The minimum Gasteiger partial charge on any atom is -0.496 e. The van der Waals surface area contributed by atoms with E-state index in [1.54, 1.807) is 7.11 Å². The summed E-state index contributed by atoms with van der Waals surface area (Å²) in [5.74, 6) is 0.0302. The number of benzene rings is 3. The van der Waals surface area contributed by atoms with Crippen molar-refractivity contribution in [2.75, 3.05) is 38.2 Å². The topological polar surface area (TPSA) is 80.8 Å². The molecule has 0 spiro atoms. The van der Waals surface area contributed by atoms with Crippen molar-refractivity contribution in [3.8, 4) is 5.75 Å². The van der Waals surface area contributed by atoms with Crippen molar-refractivity contribution in [3.05, 3.63) is 95.2 Å². The van der Waals surface area contributed by atoms with E-state index >= 15 is 0 Å². The Balaban J connectivity index is 1.27. The van der Waals surface area contributed by atoms with Crippen LogP contribution in [0, 0.1) is 0 Å². The molecule has 0 bridgehead atoms. The van der Waals surface area contributed by atoms with Crippen LogP contribution in [0.15, 0.2) is 72.8 Å². The van der Waals surface area contributed by atoms with Crippen LogP contribution in [0.3, 0.4) is 0 Å². The summed E-state index contributed by atoms with van der Waals surface area (Å²) in [6.45, 7) is 4.69. The number of nitrogens with zero attached hydrogens (tertiary/aromatic N) is 2. The SMILES string of the molecule is COc1ccc([C@@H]2N[C@@H](C(=O)O)Cc3c2[nH]c2ccccc32)cc1CN1CCN(c2ccccc2)CC1. The number of H-pyrrole nitrogens is 1. The third-order valence-electron chi connectivity index (χ3n) is 7.73. The predicted octanol–water partition coefficient (Wildman–Crippen LogP) is 4.19. The van der Waals surface area contributed by atoms with Gasteiger partial charge in [0.15, 0.2) is 0 Å². The molecule has 3 heterocycles. The van der Waals surface area contributed by atoms with E-state index in [0.717, 1.165) is 71.8 Å². The van der Waals surface area contributed by atoms with Gasteiger partial charge in [0.05, 0.1) is 13.2 Å². The Bertz CT molecular complexity index is 1410. The molecule has 0 radical (unpaired) electrons. The van der Waals surface area contributed by atoms with Crippen LogP contribution in [0.1, 0.15) is 28.4 Å². The van der Waals surface area contributed by atoms with Gasteiger partial charge in [-0.3, -0.25) is 15.0 Å². The van der Waals surface area contributed by atoms with Crippen molar-refractivity contribution >= 4 is 22.6 Å². The number of carboxylic acid groups (broad SMARTS) is 1. The number of para-hydroxylation sites is 2. The number of methoxy groups -OCH3 is 1. The molecule has 1 aromatic heterocycles. The van der Waals surface area contributed by atoms with Crippen LogP contribution in [0.5, 0.6) is 5.75 Å². The Hall–Kier alpha value is -3.81. The summed E-state index contributed by atoms with van der Waals surface area (Å²) >= 11 is 0. The number of hydrogen-bond donors (Lipinski definition) is 3. The number of anilines is 1. The molecule has 37 heavy (non-hydrogen) atoms. The molecule has 0 aliphatic carbocycles. The van der Waals surface area contributed by atoms with Crippen LogP contribution in [-0.2, 0) is 17.8 Å². The third-order valence-corrected chi connectivity index (χ3v) is 7.73. The summed E-state index contributed by atoms with van der Waals surface area (Å²) in [5.41, 5.74) is 6.59. The number of piperazine rings is 1. The number of nitrogens with one attached hydrogen (secondary N) is 2. The number of fused-ring (bicyclic) bond motifs is 3. The first-order valence-electron chi connectivity index (χ1n) is 12.9. The molecule has 6 rings (SSSR count). The zero-order valence-electron chi connectivity index (χ0n) is 21.0.